The molecule has 0 spiro atoms. The summed E-state index contributed by atoms with van der Waals surface area (Å²) in [4.78, 5) is 49.1. The molecule has 8 heteroatoms. The summed E-state index contributed by atoms with van der Waals surface area (Å²) in [6.45, 7) is 3.19. The van der Waals surface area contributed by atoms with E-state index in [9.17, 15) is 14.4 Å². The summed E-state index contributed by atoms with van der Waals surface area (Å²) >= 11 is 0. The third kappa shape index (κ3) is 3.24. The van der Waals surface area contributed by atoms with E-state index in [2.05, 4.69) is 15.3 Å². The smallest absolute Gasteiger partial charge is 0.272 e. The monoisotopic (exact) mass is 409 g/mol. The molecule has 4 atom stereocenters. The van der Waals surface area contributed by atoms with E-state index in [0.717, 1.165) is 24.6 Å². The fourth-order valence-electron chi connectivity index (χ4n) is 5.66. The zero-order chi connectivity index (χ0) is 20.8. The van der Waals surface area contributed by atoms with Crippen LogP contribution in [0, 0.1) is 11.8 Å². The zero-order valence-electron chi connectivity index (χ0n) is 17.1. The van der Waals surface area contributed by atoms with Crippen LogP contribution >= 0.6 is 0 Å². The largest absolute Gasteiger partial charge is 0.354 e. The van der Waals surface area contributed by atoms with Gasteiger partial charge in [-0.3, -0.25) is 14.4 Å². The fraction of sp³-hybridized carbons (Fsp3) is 0.545. The van der Waals surface area contributed by atoms with Crippen molar-refractivity contribution in [1.29, 1.82) is 0 Å². The predicted octanol–water partition coefficient (Wildman–Crippen LogP) is 1.54. The van der Waals surface area contributed by atoms with Crippen molar-refractivity contribution >= 4 is 28.8 Å². The number of pyridine rings is 1. The Kier molecular flexibility index (Phi) is 4.72. The number of fused-ring (bicyclic) bond motifs is 5. The van der Waals surface area contributed by atoms with Crippen molar-refractivity contribution in [2.45, 2.75) is 44.7 Å². The van der Waals surface area contributed by atoms with Crippen molar-refractivity contribution in [3.05, 3.63) is 30.1 Å². The van der Waals surface area contributed by atoms with Crippen molar-refractivity contribution in [2.75, 3.05) is 19.6 Å². The van der Waals surface area contributed by atoms with Gasteiger partial charge in [0.25, 0.3) is 5.91 Å². The molecule has 158 valence electrons. The number of likely N-dealkylation sites (tertiary alicyclic amines) is 1. The lowest BCUT2D eigenvalue weighted by molar-refractivity contribution is -0.151. The number of nitrogens with zero attached hydrogens (tertiary/aromatic N) is 3. The Hall–Kier alpha value is -2.90. The molecule has 30 heavy (non-hydrogen) atoms. The standard InChI is InChI=1S/C22H27N5O3/c1-13(28)24-10-19-16-9-15(18-3-2-4-20(29)27(18)19)11-26(12-16)22(30)17-6-5-14-7-8-23-21(14)25-17/h5-8,15-16,18-19H,2-4,9-12H2,1H3,(H,23,25)(H,24,28)/t15-,16+,18+,19+/m1/s1. The number of aromatic nitrogens is 2. The molecule has 5 rings (SSSR count). The Bertz CT molecular complexity index is 1000. The summed E-state index contributed by atoms with van der Waals surface area (Å²) in [5.41, 5.74) is 1.16. The van der Waals surface area contributed by atoms with Crippen LogP contribution in [0.25, 0.3) is 11.0 Å². The predicted molar refractivity (Wildman–Crippen MR) is 111 cm³/mol. The molecule has 2 aromatic rings. The summed E-state index contributed by atoms with van der Waals surface area (Å²) in [6.07, 6.45) is 5.25. The van der Waals surface area contributed by atoms with E-state index in [0.29, 0.717) is 37.4 Å². The highest BCUT2D eigenvalue weighted by Gasteiger charge is 2.50. The molecule has 3 fully saturated rings. The van der Waals surface area contributed by atoms with Crippen LogP contribution < -0.4 is 5.32 Å². The van der Waals surface area contributed by atoms with E-state index in [1.165, 1.54) is 6.92 Å². The second-order valence-corrected chi connectivity index (χ2v) is 8.84. The Morgan fingerprint density at radius 3 is 2.90 bits per heavy atom. The Morgan fingerprint density at radius 1 is 1.23 bits per heavy atom. The van der Waals surface area contributed by atoms with Gasteiger partial charge in [0.1, 0.15) is 11.3 Å². The maximum absolute atomic E-state index is 13.3. The number of hydrogen-bond donors (Lipinski definition) is 2. The highest BCUT2D eigenvalue weighted by Crippen LogP contribution is 2.41. The molecule has 5 heterocycles. The number of rotatable bonds is 3. The first-order chi connectivity index (χ1) is 14.5. The lowest BCUT2D eigenvalue weighted by Gasteiger charge is -2.56. The third-order valence-electron chi connectivity index (χ3n) is 6.97. The number of nitrogens with one attached hydrogen (secondary N) is 2. The summed E-state index contributed by atoms with van der Waals surface area (Å²) in [5, 5.41) is 3.89. The van der Waals surface area contributed by atoms with Crippen LogP contribution in [-0.4, -0.2) is 69.2 Å². The quantitative estimate of drug-likeness (QED) is 0.803. The van der Waals surface area contributed by atoms with Gasteiger partial charge >= 0.3 is 0 Å². The molecule has 3 aliphatic rings. The van der Waals surface area contributed by atoms with Gasteiger partial charge < -0.3 is 20.1 Å². The van der Waals surface area contributed by atoms with E-state index in [1.54, 1.807) is 6.07 Å². The zero-order valence-corrected chi connectivity index (χ0v) is 17.1. The van der Waals surface area contributed by atoms with Crippen LogP contribution in [0.4, 0.5) is 0 Å². The molecule has 2 bridgehead atoms. The molecule has 2 N–H and O–H groups in total. The average molecular weight is 409 g/mol. The average Bonchev–Trinajstić information content (AvgIpc) is 3.21. The van der Waals surface area contributed by atoms with E-state index >= 15 is 0 Å². The Morgan fingerprint density at radius 2 is 2.07 bits per heavy atom. The van der Waals surface area contributed by atoms with Crippen molar-refractivity contribution < 1.29 is 14.4 Å². The summed E-state index contributed by atoms with van der Waals surface area (Å²) < 4.78 is 0. The van der Waals surface area contributed by atoms with Gasteiger partial charge in [-0.05, 0) is 49.3 Å². The minimum absolute atomic E-state index is 0.0580. The fourth-order valence-corrected chi connectivity index (χ4v) is 5.66. The molecule has 0 unspecified atom stereocenters. The van der Waals surface area contributed by atoms with Crippen LogP contribution in [0.1, 0.15) is 43.1 Å². The topological polar surface area (TPSA) is 98.4 Å². The van der Waals surface area contributed by atoms with Gasteiger partial charge in [0, 0.05) is 50.6 Å². The van der Waals surface area contributed by atoms with Gasteiger partial charge in [-0.1, -0.05) is 0 Å². The van der Waals surface area contributed by atoms with E-state index < -0.39 is 0 Å². The summed E-state index contributed by atoms with van der Waals surface area (Å²) in [7, 11) is 0. The number of carbonyl (C=O) groups is 3. The Labute approximate surface area is 175 Å². The van der Waals surface area contributed by atoms with Gasteiger partial charge in [0.05, 0.1) is 6.04 Å². The van der Waals surface area contributed by atoms with Gasteiger partial charge in [0.2, 0.25) is 11.8 Å². The van der Waals surface area contributed by atoms with Crippen molar-refractivity contribution in [1.82, 2.24) is 25.1 Å². The number of aromatic amines is 1. The van der Waals surface area contributed by atoms with E-state index in [-0.39, 0.29) is 41.6 Å². The third-order valence-corrected chi connectivity index (χ3v) is 6.97. The number of amides is 3. The number of hydrogen-bond acceptors (Lipinski definition) is 4. The summed E-state index contributed by atoms with van der Waals surface area (Å²) in [6, 6.07) is 5.73. The minimum Gasteiger partial charge on any atom is -0.354 e. The first kappa shape index (κ1) is 19.1. The highest BCUT2D eigenvalue weighted by molar-refractivity contribution is 5.94. The second-order valence-electron chi connectivity index (χ2n) is 8.84. The number of piperidine rings is 3. The molecule has 3 amide bonds. The number of carbonyl (C=O) groups excluding carboxylic acids is 3. The molecule has 0 aliphatic carbocycles. The maximum atomic E-state index is 13.3. The van der Waals surface area contributed by atoms with Crippen LogP contribution in [0.3, 0.4) is 0 Å². The van der Waals surface area contributed by atoms with Crippen LogP contribution in [0.2, 0.25) is 0 Å². The van der Waals surface area contributed by atoms with E-state index in [1.807, 2.05) is 28.1 Å². The Balaban J connectivity index is 1.41. The normalized spacial score (nSPS) is 28.4. The van der Waals surface area contributed by atoms with Gasteiger partial charge in [-0.25, -0.2) is 4.98 Å². The molecular formula is C22H27N5O3. The van der Waals surface area contributed by atoms with Gasteiger partial charge in [-0.2, -0.15) is 0 Å². The summed E-state index contributed by atoms with van der Waals surface area (Å²) in [5.74, 6) is 0.474. The molecule has 3 saturated heterocycles. The first-order valence-corrected chi connectivity index (χ1v) is 10.8. The van der Waals surface area contributed by atoms with Crippen molar-refractivity contribution in [3.63, 3.8) is 0 Å². The SMILES string of the molecule is CC(=O)NC[C@H]1[C@H]2C[C@H](CN(C(=O)c3ccc4cc[nH]c4n3)C2)[C@@H]2CCCC(=O)N21. The van der Waals surface area contributed by atoms with Crippen molar-refractivity contribution in [3.8, 4) is 0 Å². The van der Waals surface area contributed by atoms with Gasteiger partial charge in [0.15, 0.2) is 0 Å². The molecule has 2 aromatic heterocycles. The maximum Gasteiger partial charge on any atom is 0.272 e. The van der Waals surface area contributed by atoms with Gasteiger partial charge in [-0.15, -0.1) is 0 Å². The van der Waals surface area contributed by atoms with Crippen LogP contribution in [-0.2, 0) is 9.59 Å². The highest BCUT2D eigenvalue weighted by atomic mass is 16.2. The first-order valence-electron chi connectivity index (χ1n) is 10.8. The molecular weight excluding hydrogens is 382 g/mol. The molecule has 0 aromatic carbocycles. The van der Waals surface area contributed by atoms with Crippen molar-refractivity contribution in [2.24, 2.45) is 11.8 Å². The van der Waals surface area contributed by atoms with Crippen LogP contribution in [0.5, 0.6) is 0 Å². The van der Waals surface area contributed by atoms with E-state index in [4.69, 9.17) is 0 Å². The second kappa shape index (κ2) is 7.41. The molecule has 8 nitrogen and oxygen atoms in total. The molecule has 3 aliphatic heterocycles. The molecule has 0 radical (unpaired) electrons. The lowest BCUT2D eigenvalue weighted by atomic mass is 9.72. The lowest BCUT2D eigenvalue weighted by Crippen LogP contribution is -2.67. The van der Waals surface area contributed by atoms with Crippen LogP contribution in [0.15, 0.2) is 24.4 Å². The number of H-pyrrole nitrogens is 1. The molecule has 0 saturated carbocycles. The minimum atomic E-state index is -0.0923.